The maximum atomic E-state index is 14.3. The molecule has 27 heavy (non-hydrogen) atoms. The molecule has 7 heteroatoms. The Labute approximate surface area is 161 Å². The predicted molar refractivity (Wildman–Crippen MR) is 104 cm³/mol. The number of amides is 1. The topological polar surface area (TPSA) is 63.3 Å². The minimum Gasteiger partial charge on any atom is -0.493 e. The molecule has 0 saturated carbocycles. The van der Waals surface area contributed by atoms with Gasteiger partial charge in [-0.15, -0.1) is 0 Å². The number of methoxy groups -OCH3 is 2. The second kappa shape index (κ2) is 7.88. The molecule has 0 aliphatic carbocycles. The van der Waals surface area contributed by atoms with Gasteiger partial charge < -0.3 is 19.8 Å². The van der Waals surface area contributed by atoms with Crippen molar-refractivity contribution in [2.75, 3.05) is 20.8 Å². The lowest BCUT2D eigenvalue weighted by Gasteiger charge is -2.10. The van der Waals surface area contributed by atoms with Crippen LogP contribution in [0.15, 0.2) is 30.3 Å². The minimum atomic E-state index is -0.333. The summed E-state index contributed by atoms with van der Waals surface area (Å²) in [7, 11) is 3.05. The van der Waals surface area contributed by atoms with Crippen molar-refractivity contribution in [1.82, 2.24) is 10.3 Å². The second-order valence-electron chi connectivity index (χ2n) is 6.08. The number of halogens is 2. The van der Waals surface area contributed by atoms with Crippen LogP contribution >= 0.6 is 11.6 Å². The van der Waals surface area contributed by atoms with Gasteiger partial charge in [-0.25, -0.2) is 4.39 Å². The van der Waals surface area contributed by atoms with E-state index < -0.39 is 0 Å². The number of aromatic amines is 1. The van der Waals surface area contributed by atoms with Crippen LogP contribution < -0.4 is 14.8 Å². The van der Waals surface area contributed by atoms with Crippen molar-refractivity contribution in [3.63, 3.8) is 0 Å². The van der Waals surface area contributed by atoms with Crippen molar-refractivity contribution in [2.24, 2.45) is 0 Å². The first-order chi connectivity index (χ1) is 13.0. The monoisotopic (exact) mass is 390 g/mol. The summed E-state index contributed by atoms with van der Waals surface area (Å²) in [6, 6.07) is 7.83. The van der Waals surface area contributed by atoms with Crippen LogP contribution in [-0.2, 0) is 6.42 Å². The largest absolute Gasteiger partial charge is 0.493 e. The summed E-state index contributed by atoms with van der Waals surface area (Å²) < 4.78 is 24.6. The highest BCUT2D eigenvalue weighted by atomic mass is 35.5. The molecule has 0 unspecified atom stereocenters. The minimum absolute atomic E-state index is 0.244. The number of ether oxygens (including phenoxy) is 2. The molecule has 0 aliphatic rings. The van der Waals surface area contributed by atoms with Crippen LogP contribution in [0.3, 0.4) is 0 Å². The van der Waals surface area contributed by atoms with Gasteiger partial charge in [0.15, 0.2) is 11.5 Å². The molecule has 0 saturated heterocycles. The summed E-state index contributed by atoms with van der Waals surface area (Å²) in [5.74, 6) is 0.456. The van der Waals surface area contributed by atoms with Crippen molar-refractivity contribution < 1.29 is 18.7 Å². The Morgan fingerprint density at radius 2 is 1.93 bits per heavy atom. The molecule has 0 atom stereocenters. The summed E-state index contributed by atoms with van der Waals surface area (Å²) in [4.78, 5) is 15.5. The molecule has 0 fully saturated rings. The Balaban J connectivity index is 1.74. The van der Waals surface area contributed by atoms with E-state index in [4.69, 9.17) is 21.1 Å². The van der Waals surface area contributed by atoms with Gasteiger partial charge in [0.25, 0.3) is 5.91 Å². The van der Waals surface area contributed by atoms with Gasteiger partial charge >= 0.3 is 0 Å². The lowest BCUT2D eigenvalue weighted by atomic mass is 10.1. The molecule has 5 nitrogen and oxygen atoms in total. The van der Waals surface area contributed by atoms with Crippen LogP contribution in [0.25, 0.3) is 10.9 Å². The second-order valence-corrected chi connectivity index (χ2v) is 6.49. The highest BCUT2D eigenvalue weighted by Crippen LogP contribution is 2.31. The summed E-state index contributed by atoms with van der Waals surface area (Å²) in [5, 5.41) is 3.79. The Hall–Kier alpha value is -2.73. The number of carbonyl (C=O) groups is 1. The average Bonchev–Trinajstić information content (AvgIpc) is 3.01. The SMILES string of the molecule is COc1ccc(C(=O)NCCc2c(C)[nH]c3c(Cl)ccc(F)c23)cc1OC. The Morgan fingerprint density at radius 3 is 2.63 bits per heavy atom. The van der Waals surface area contributed by atoms with Gasteiger partial charge in [-0.05, 0) is 49.2 Å². The van der Waals surface area contributed by atoms with E-state index in [-0.39, 0.29) is 11.7 Å². The summed E-state index contributed by atoms with van der Waals surface area (Å²) in [5.41, 5.74) is 2.67. The van der Waals surface area contributed by atoms with Gasteiger partial charge in [0.2, 0.25) is 0 Å². The average molecular weight is 391 g/mol. The number of hydrogen-bond donors (Lipinski definition) is 2. The first-order valence-corrected chi connectivity index (χ1v) is 8.79. The zero-order valence-corrected chi connectivity index (χ0v) is 16.0. The maximum Gasteiger partial charge on any atom is 0.251 e. The summed E-state index contributed by atoms with van der Waals surface area (Å²) in [6.07, 6.45) is 0.474. The third-order valence-corrected chi connectivity index (χ3v) is 4.79. The molecule has 1 aromatic heterocycles. The van der Waals surface area contributed by atoms with Crippen LogP contribution in [0.5, 0.6) is 11.5 Å². The predicted octanol–water partition coefficient (Wildman–Crippen LogP) is 4.26. The fourth-order valence-corrected chi connectivity index (χ4v) is 3.32. The summed E-state index contributed by atoms with van der Waals surface area (Å²) in [6.45, 7) is 2.22. The van der Waals surface area contributed by atoms with Crippen molar-refractivity contribution >= 4 is 28.4 Å². The van der Waals surface area contributed by atoms with Gasteiger partial charge in [0.1, 0.15) is 5.82 Å². The van der Waals surface area contributed by atoms with Crippen LogP contribution in [0.4, 0.5) is 4.39 Å². The molecule has 2 aromatic carbocycles. The van der Waals surface area contributed by atoms with E-state index in [1.807, 2.05) is 6.92 Å². The van der Waals surface area contributed by atoms with E-state index >= 15 is 0 Å². The molecule has 0 aliphatic heterocycles. The number of aryl methyl sites for hydroxylation is 1. The highest BCUT2D eigenvalue weighted by Gasteiger charge is 2.16. The molecule has 2 N–H and O–H groups in total. The molecule has 3 rings (SSSR count). The van der Waals surface area contributed by atoms with E-state index in [0.29, 0.717) is 46.0 Å². The van der Waals surface area contributed by atoms with Crippen LogP contribution in [-0.4, -0.2) is 31.7 Å². The van der Waals surface area contributed by atoms with Crippen molar-refractivity contribution in [1.29, 1.82) is 0 Å². The number of H-pyrrole nitrogens is 1. The van der Waals surface area contributed by atoms with E-state index in [9.17, 15) is 9.18 Å². The number of fused-ring (bicyclic) bond motifs is 1. The third-order valence-electron chi connectivity index (χ3n) is 4.48. The fourth-order valence-electron chi connectivity index (χ4n) is 3.11. The highest BCUT2D eigenvalue weighted by molar-refractivity contribution is 6.35. The molecule has 1 heterocycles. The fraction of sp³-hybridized carbons (Fsp3) is 0.250. The Bertz CT molecular complexity index is 1000. The molecule has 3 aromatic rings. The van der Waals surface area contributed by atoms with Gasteiger partial charge in [-0.1, -0.05) is 11.6 Å². The van der Waals surface area contributed by atoms with Gasteiger partial charge in [-0.3, -0.25) is 4.79 Å². The Kier molecular flexibility index (Phi) is 5.56. The number of hydrogen-bond acceptors (Lipinski definition) is 3. The van der Waals surface area contributed by atoms with Gasteiger partial charge in [0, 0.05) is 23.2 Å². The van der Waals surface area contributed by atoms with Gasteiger partial charge in [-0.2, -0.15) is 0 Å². The van der Waals surface area contributed by atoms with Crippen LogP contribution in [0.2, 0.25) is 5.02 Å². The van der Waals surface area contributed by atoms with E-state index in [2.05, 4.69) is 10.3 Å². The molecule has 0 spiro atoms. The number of nitrogens with one attached hydrogen (secondary N) is 2. The van der Waals surface area contributed by atoms with E-state index in [1.54, 1.807) is 18.2 Å². The first-order valence-electron chi connectivity index (χ1n) is 8.41. The number of benzene rings is 2. The van der Waals surface area contributed by atoms with Gasteiger partial charge in [0.05, 0.1) is 24.8 Å². The first kappa shape index (κ1) is 19.0. The van der Waals surface area contributed by atoms with E-state index in [0.717, 1.165) is 11.3 Å². The van der Waals surface area contributed by atoms with Crippen molar-refractivity contribution in [3.8, 4) is 11.5 Å². The zero-order chi connectivity index (χ0) is 19.6. The molecule has 0 bridgehead atoms. The number of rotatable bonds is 6. The molecular formula is C20H20ClFN2O3. The quantitative estimate of drug-likeness (QED) is 0.661. The Morgan fingerprint density at radius 1 is 1.19 bits per heavy atom. The maximum absolute atomic E-state index is 14.3. The smallest absolute Gasteiger partial charge is 0.251 e. The third kappa shape index (κ3) is 3.71. The van der Waals surface area contributed by atoms with Crippen molar-refractivity contribution in [3.05, 3.63) is 58.0 Å². The lowest BCUT2D eigenvalue weighted by Crippen LogP contribution is -2.25. The van der Waals surface area contributed by atoms with Crippen LogP contribution in [0, 0.1) is 12.7 Å². The molecule has 0 radical (unpaired) electrons. The standard InChI is InChI=1S/C20H20ClFN2O3/c1-11-13(18-15(22)6-5-14(21)19(18)24-11)8-9-23-20(25)12-4-7-16(26-2)17(10-12)27-3/h4-7,10,24H,8-9H2,1-3H3,(H,23,25). The molecule has 142 valence electrons. The van der Waals surface area contributed by atoms with Crippen molar-refractivity contribution in [2.45, 2.75) is 13.3 Å². The molecular weight excluding hydrogens is 371 g/mol. The number of aromatic nitrogens is 1. The van der Waals surface area contributed by atoms with E-state index in [1.165, 1.54) is 26.4 Å². The van der Waals surface area contributed by atoms with Crippen LogP contribution in [0.1, 0.15) is 21.6 Å². The number of carbonyl (C=O) groups excluding carboxylic acids is 1. The zero-order valence-electron chi connectivity index (χ0n) is 15.3. The lowest BCUT2D eigenvalue weighted by molar-refractivity contribution is 0.0953. The summed E-state index contributed by atoms with van der Waals surface area (Å²) >= 11 is 6.14. The normalized spacial score (nSPS) is 10.9. The molecule has 1 amide bonds.